The third-order valence-corrected chi connectivity index (χ3v) is 8.95. The molecule has 0 radical (unpaired) electrons. The number of thiophene rings is 1. The second-order valence-corrected chi connectivity index (χ2v) is 11.1. The van der Waals surface area contributed by atoms with Crippen LogP contribution in [0.25, 0.3) is 5.00 Å². The van der Waals surface area contributed by atoms with Crippen LogP contribution < -0.4 is 0 Å². The van der Waals surface area contributed by atoms with E-state index in [4.69, 9.17) is 0 Å². The number of aryl methyl sites for hydroxylation is 2. The monoisotopic (exact) mass is 457 g/mol. The number of carbonyl (C=O) groups is 1. The van der Waals surface area contributed by atoms with Crippen LogP contribution in [0.5, 0.6) is 0 Å². The molecule has 3 aromatic rings. The zero-order valence-corrected chi connectivity index (χ0v) is 19.7. The van der Waals surface area contributed by atoms with Crippen molar-refractivity contribution in [2.24, 2.45) is 0 Å². The molecule has 2 aromatic heterocycles. The molecule has 164 valence electrons. The van der Waals surface area contributed by atoms with E-state index in [9.17, 15) is 13.2 Å². The van der Waals surface area contributed by atoms with Crippen molar-refractivity contribution in [1.29, 1.82) is 0 Å². The van der Waals surface area contributed by atoms with Crippen LogP contribution in [0, 0.1) is 20.8 Å². The van der Waals surface area contributed by atoms with Gasteiger partial charge < -0.3 is 9.47 Å². The predicted octanol–water partition coefficient (Wildman–Crippen LogP) is 4.00. The number of hydrogen-bond donors (Lipinski definition) is 0. The molecule has 0 bridgehead atoms. The standard InChI is InChI=1S/C23H27N3O3S2/c1-17-7-9-20(10-8-17)31(28,29)26-14-6-13-24(15-16-26)22(27)21-18(2)19(3)30-23(21)25-11-4-5-12-25/h4-5,7-12H,6,13-16H2,1-3H3. The fourth-order valence-electron chi connectivity index (χ4n) is 3.87. The Morgan fingerprint density at radius 1 is 0.935 bits per heavy atom. The highest BCUT2D eigenvalue weighted by molar-refractivity contribution is 7.89. The van der Waals surface area contributed by atoms with E-state index in [0.29, 0.717) is 43.1 Å². The molecule has 31 heavy (non-hydrogen) atoms. The number of amides is 1. The van der Waals surface area contributed by atoms with Gasteiger partial charge in [-0.25, -0.2) is 8.42 Å². The van der Waals surface area contributed by atoms with E-state index in [0.717, 1.165) is 21.0 Å². The highest BCUT2D eigenvalue weighted by Gasteiger charge is 2.30. The van der Waals surface area contributed by atoms with Crippen molar-refractivity contribution in [2.75, 3.05) is 26.2 Å². The van der Waals surface area contributed by atoms with Crippen LogP contribution in [0.3, 0.4) is 0 Å². The van der Waals surface area contributed by atoms with E-state index in [1.807, 2.05) is 62.0 Å². The summed E-state index contributed by atoms with van der Waals surface area (Å²) in [5.74, 6) is -0.0277. The van der Waals surface area contributed by atoms with Gasteiger partial charge in [0.05, 0.1) is 10.5 Å². The van der Waals surface area contributed by atoms with E-state index in [1.165, 1.54) is 4.31 Å². The number of rotatable bonds is 4. The molecule has 0 saturated carbocycles. The molecule has 1 aromatic carbocycles. The van der Waals surface area contributed by atoms with Crippen molar-refractivity contribution < 1.29 is 13.2 Å². The minimum absolute atomic E-state index is 0.0277. The van der Waals surface area contributed by atoms with Crippen molar-refractivity contribution in [3.05, 3.63) is 70.4 Å². The molecule has 1 aliphatic rings. The summed E-state index contributed by atoms with van der Waals surface area (Å²) in [5.41, 5.74) is 2.73. The normalized spacial score (nSPS) is 15.8. The van der Waals surface area contributed by atoms with Gasteiger partial charge in [0.25, 0.3) is 5.91 Å². The molecule has 0 spiro atoms. The lowest BCUT2D eigenvalue weighted by Gasteiger charge is -2.22. The Labute approximate surface area is 187 Å². The molecule has 3 heterocycles. The Kier molecular flexibility index (Phi) is 6.05. The van der Waals surface area contributed by atoms with Crippen LogP contribution in [-0.4, -0.2) is 54.3 Å². The zero-order chi connectivity index (χ0) is 22.2. The van der Waals surface area contributed by atoms with Gasteiger partial charge in [0.1, 0.15) is 5.00 Å². The first-order valence-corrected chi connectivity index (χ1v) is 12.6. The Hall–Kier alpha value is -2.42. The van der Waals surface area contributed by atoms with Gasteiger partial charge in [-0.2, -0.15) is 4.31 Å². The molecule has 8 heteroatoms. The van der Waals surface area contributed by atoms with E-state index in [2.05, 4.69) is 0 Å². The summed E-state index contributed by atoms with van der Waals surface area (Å²) in [6.07, 6.45) is 4.50. The largest absolute Gasteiger partial charge is 0.337 e. The third-order valence-electron chi connectivity index (χ3n) is 5.82. The fourth-order valence-corrected chi connectivity index (χ4v) is 6.45. The van der Waals surface area contributed by atoms with Crippen molar-refractivity contribution >= 4 is 27.3 Å². The van der Waals surface area contributed by atoms with E-state index in [1.54, 1.807) is 28.4 Å². The number of aromatic nitrogens is 1. The number of carbonyl (C=O) groups excluding carboxylic acids is 1. The quantitative estimate of drug-likeness (QED) is 0.595. The fraction of sp³-hybridized carbons (Fsp3) is 0.348. The van der Waals surface area contributed by atoms with Gasteiger partial charge in [-0.05, 0) is 57.0 Å². The van der Waals surface area contributed by atoms with Crippen molar-refractivity contribution in [3.8, 4) is 5.00 Å². The molecule has 4 rings (SSSR count). The van der Waals surface area contributed by atoms with Gasteiger partial charge in [0.2, 0.25) is 10.0 Å². The first-order chi connectivity index (χ1) is 14.8. The van der Waals surface area contributed by atoms with Gasteiger partial charge in [-0.15, -0.1) is 11.3 Å². The van der Waals surface area contributed by atoms with E-state index < -0.39 is 10.0 Å². The maximum Gasteiger partial charge on any atom is 0.257 e. The lowest BCUT2D eigenvalue weighted by atomic mass is 10.1. The average Bonchev–Trinajstić information content (AvgIpc) is 3.28. The molecular weight excluding hydrogens is 430 g/mol. The third kappa shape index (κ3) is 4.20. The maximum absolute atomic E-state index is 13.5. The number of sulfonamides is 1. The summed E-state index contributed by atoms with van der Waals surface area (Å²) < 4.78 is 29.7. The Bertz CT molecular complexity index is 1180. The van der Waals surface area contributed by atoms with Crippen molar-refractivity contribution in [1.82, 2.24) is 13.8 Å². The summed E-state index contributed by atoms with van der Waals surface area (Å²) in [6.45, 7) is 7.57. The second kappa shape index (κ2) is 8.61. The van der Waals surface area contributed by atoms with Crippen LogP contribution in [0.2, 0.25) is 0 Å². The highest BCUT2D eigenvalue weighted by Crippen LogP contribution is 2.32. The summed E-state index contributed by atoms with van der Waals surface area (Å²) in [5, 5.41) is 0.915. The van der Waals surface area contributed by atoms with Gasteiger partial charge >= 0.3 is 0 Å². The van der Waals surface area contributed by atoms with E-state index in [-0.39, 0.29) is 5.91 Å². The molecule has 1 fully saturated rings. The van der Waals surface area contributed by atoms with Crippen LogP contribution in [-0.2, 0) is 10.0 Å². The van der Waals surface area contributed by atoms with Crippen LogP contribution >= 0.6 is 11.3 Å². The lowest BCUT2D eigenvalue weighted by molar-refractivity contribution is 0.0764. The first-order valence-electron chi connectivity index (χ1n) is 10.4. The van der Waals surface area contributed by atoms with Gasteiger partial charge in [0, 0.05) is 43.4 Å². The molecule has 1 amide bonds. The molecule has 1 aliphatic heterocycles. The van der Waals surface area contributed by atoms with Gasteiger partial charge in [-0.3, -0.25) is 4.79 Å². The average molecular weight is 458 g/mol. The molecule has 0 aliphatic carbocycles. The smallest absolute Gasteiger partial charge is 0.257 e. The second-order valence-electron chi connectivity index (χ2n) is 7.92. The number of nitrogens with zero attached hydrogens (tertiary/aromatic N) is 3. The zero-order valence-electron chi connectivity index (χ0n) is 18.0. The Morgan fingerprint density at radius 3 is 2.29 bits per heavy atom. The predicted molar refractivity (Wildman–Crippen MR) is 124 cm³/mol. The molecule has 0 N–H and O–H groups in total. The SMILES string of the molecule is Cc1ccc(S(=O)(=O)N2CCCN(C(=O)c3c(-n4cccc4)sc(C)c3C)CC2)cc1. The number of hydrogen-bond acceptors (Lipinski definition) is 4. The van der Waals surface area contributed by atoms with Crippen LogP contribution in [0.4, 0.5) is 0 Å². The summed E-state index contributed by atoms with van der Waals surface area (Å²) in [4.78, 5) is 16.7. The lowest BCUT2D eigenvalue weighted by Crippen LogP contribution is -2.37. The molecule has 0 atom stereocenters. The minimum atomic E-state index is -3.57. The first kappa shape index (κ1) is 21.8. The summed E-state index contributed by atoms with van der Waals surface area (Å²) in [7, 11) is -3.57. The topological polar surface area (TPSA) is 62.6 Å². The molecule has 0 unspecified atom stereocenters. The van der Waals surface area contributed by atoms with Crippen molar-refractivity contribution in [2.45, 2.75) is 32.1 Å². The highest BCUT2D eigenvalue weighted by atomic mass is 32.2. The van der Waals surface area contributed by atoms with Crippen LogP contribution in [0.1, 0.15) is 32.8 Å². The summed E-state index contributed by atoms with van der Waals surface area (Å²) >= 11 is 1.61. The molecule has 1 saturated heterocycles. The Balaban J connectivity index is 1.56. The van der Waals surface area contributed by atoms with Crippen molar-refractivity contribution in [3.63, 3.8) is 0 Å². The minimum Gasteiger partial charge on any atom is -0.337 e. The molecular formula is C23H27N3O3S2. The summed E-state index contributed by atoms with van der Waals surface area (Å²) in [6, 6.07) is 10.8. The molecule has 6 nitrogen and oxygen atoms in total. The maximum atomic E-state index is 13.5. The van der Waals surface area contributed by atoms with E-state index >= 15 is 0 Å². The number of benzene rings is 1. The Morgan fingerprint density at radius 2 is 1.61 bits per heavy atom. The van der Waals surface area contributed by atoms with Crippen LogP contribution in [0.15, 0.2) is 53.7 Å². The van der Waals surface area contributed by atoms with Gasteiger partial charge in [-0.1, -0.05) is 17.7 Å². The van der Waals surface area contributed by atoms with Gasteiger partial charge in [0.15, 0.2) is 0 Å².